The molecule has 0 unspecified atom stereocenters. The number of carbonyl (C=O) groups is 1. The molecule has 0 aliphatic rings. The van der Waals surface area contributed by atoms with Crippen LogP contribution in [0.3, 0.4) is 0 Å². The molecule has 2 aromatic carbocycles. The summed E-state index contributed by atoms with van der Waals surface area (Å²) in [6.45, 7) is 5.96. The Balaban J connectivity index is 1.95. The Hall–Kier alpha value is -3.28. The van der Waals surface area contributed by atoms with E-state index < -0.39 is 0 Å². The van der Waals surface area contributed by atoms with Gasteiger partial charge in [0.15, 0.2) is 29.3 Å². The molecule has 0 saturated heterocycles. The highest BCUT2D eigenvalue weighted by molar-refractivity contribution is 6.07. The van der Waals surface area contributed by atoms with Crippen LogP contribution in [0.1, 0.15) is 27.2 Å². The highest BCUT2D eigenvalue weighted by atomic mass is 16.5. The average Bonchev–Trinajstić information content (AvgIpc) is 3.13. The first-order valence-corrected chi connectivity index (χ1v) is 8.49. The van der Waals surface area contributed by atoms with Crippen LogP contribution in [0.15, 0.2) is 41.1 Å². The van der Waals surface area contributed by atoms with Gasteiger partial charge in [0, 0.05) is 11.3 Å². The molecule has 1 N–H and O–H groups in total. The fraction of sp³-hybridized carbons (Fsp3) is 0.238. The molecule has 1 amide bonds. The summed E-state index contributed by atoms with van der Waals surface area (Å²) in [5.41, 5.74) is 4.81. The number of methoxy groups -OCH3 is 2. The predicted molar refractivity (Wildman–Crippen MR) is 104 cm³/mol. The van der Waals surface area contributed by atoms with Crippen molar-refractivity contribution in [1.29, 1.82) is 0 Å². The third kappa shape index (κ3) is 3.65. The van der Waals surface area contributed by atoms with Crippen LogP contribution >= 0.6 is 0 Å². The van der Waals surface area contributed by atoms with Crippen molar-refractivity contribution in [2.45, 2.75) is 20.8 Å². The number of benzene rings is 2. The quantitative estimate of drug-likeness (QED) is 0.718. The number of aryl methyl sites for hydroxylation is 3. The number of anilines is 1. The highest BCUT2D eigenvalue weighted by Gasteiger charge is 2.21. The van der Waals surface area contributed by atoms with E-state index >= 15 is 0 Å². The molecule has 3 rings (SSSR count). The largest absolute Gasteiger partial charge is 0.493 e. The summed E-state index contributed by atoms with van der Waals surface area (Å²) in [5, 5.41) is 2.95. The van der Waals surface area contributed by atoms with Gasteiger partial charge in [-0.15, -0.1) is 0 Å². The number of nitrogens with one attached hydrogen (secondary N) is 1. The highest BCUT2D eigenvalue weighted by Crippen LogP contribution is 2.34. The van der Waals surface area contributed by atoms with Crippen molar-refractivity contribution in [3.63, 3.8) is 0 Å². The van der Waals surface area contributed by atoms with Crippen molar-refractivity contribution < 1.29 is 18.7 Å². The number of oxazole rings is 1. The molecular weight excluding hydrogens is 344 g/mol. The Labute approximate surface area is 158 Å². The summed E-state index contributed by atoms with van der Waals surface area (Å²) in [7, 11) is 3.12. The summed E-state index contributed by atoms with van der Waals surface area (Å²) < 4.78 is 16.1. The van der Waals surface area contributed by atoms with Crippen molar-refractivity contribution in [2.24, 2.45) is 0 Å². The molecule has 0 bridgehead atoms. The van der Waals surface area contributed by atoms with Crippen LogP contribution < -0.4 is 14.8 Å². The molecule has 6 nitrogen and oxygen atoms in total. The van der Waals surface area contributed by atoms with Crippen molar-refractivity contribution in [1.82, 2.24) is 4.98 Å². The number of nitrogens with zero attached hydrogens (tertiary/aromatic N) is 1. The molecule has 27 heavy (non-hydrogen) atoms. The third-order valence-electron chi connectivity index (χ3n) is 4.34. The normalized spacial score (nSPS) is 10.6. The van der Waals surface area contributed by atoms with Gasteiger partial charge in [-0.2, -0.15) is 0 Å². The maximum absolute atomic E-state index is 12.8. The second kappa shape index (κ2) is 7.53. The lowest BCUT2D eigenvalue weighted by Gasteiger charge is -2.13. The minimum absolute atomic E-state index is 0.210. The molecule has 0 saturated carbocycles. The molecule has 3 aromatic rings. The zero-order valence-electron chi connectivity index (χ0n) is 16.0. The first-order chi connectivity index (χ1) is 12.9. The van der Waals surface area contributed by atoms with Gasteiger partial charge in [-0.3, -0.25) is 4.79 Å². The summed E-state index contributed by atoms with van der Waals surface area (Å²) >= 11 is 0. The lowest BCUT2D eigenvalue weighted by molar-refractivity contribution is 0.102. The number of hydrogen-bond donors (Lipinski definition) is 1. The molecule has 0 spiro atoms. The van der Waals surface area contributed by atoms with Gasteiger partial charge >= 0.3 is 0 Å². The van der Waals surface area contributed by atoms with Gasteiger partial charge in [0.2, 0.25) is 0 Å². The van der Waals surface area contributed by atoms with E-state index in [9.17, 15) is 4.79 Å². The maximum Gasteiger partial charge on any atom is 0.278 e. The molecule has 0 radical (unpaired) electrons. The zero-order chi connectivity index (χ0) is 19.6. The second-order valence-electron chi connectivity index (χ2n) is 6.33. The van der Waals surface area contributed by atoms with E-state index in [2.05, 4.69) is 10.3 Å². The monoisotopic (exact) mass is 366 g/mol. The van der Waals surface area contributed by atoms with Crippen LogP contribution in [0.5, 0.6) is 11.5 Å². The van der Waals surface area contributed by atoms with Crippen LogP contribution in [0.2, 0.25) is 0 Å². The Bertz CT molecular complexity index is 969. The topological polar surface area (TPSA) is 73.6 Å². The summed E-state index contributed by atoms with van der Waals surface area (Å²) in [6, 6.07) is 9.35. The first-order valence-electron chi connectivity index (χ1n) is 8.49. The number of aromatic nitrogens is 1. The molecule has 1 heterocycles. The second-order valence-corrected chi connectivity index (χ2v) is 6.33. The van der Waals surface area contributed by atoms with E-state index in [4.69, 9.17) is 13.9 Å². The van der Waals surface area contributed by atoms with Crippen molar-refractivity contribution in [3.8, 4) is 22.8 Å². The van der Waals surface area contributed by atoms with Gasteiger partial charge in [0.25, 0.3) is 5.91 Å². The smallest absolute Gasteiger partial charge is 0.278 e. The summed E-state index contributed by atoms with van der Waals surface area (Å²) in [5.74, 6) is 1.18. The first kappa shape index (κ1) is 18.5. The molecule has 0 atom stereocenters. The molecule has 0 aliphatic carbocycles. The number of carbonyl (C=O) groups excluding carboxylic acids is 1. The predicted octanol–water partition coefficient (Wildman–Crippen LogP) is 4.54. The Kier molecular flexibility index (Phi) is 5.16. The lowest BCUT2D eigenvalue weighted by Crippen LogP contribution is -2.15. The molecular formula is C21H22N2O4. The maximum atomic E-state index is 12.8. The molecule has 140 valence electrons. The van der Waals surface area contributed by atoms with Crippen molar-refractivity contribution in [3.05, 3.63) is 59.1 Å². The van der Waals surface area contributed by atoms with E-state index in [1.165, 1.54) is 6.39 Å². The Morgan fingerprint density at radius 2 is 1.67 bits per heavy atom. The summed E-state index contributed by atoms with van der Waals surface area (Å²) in [4.78, 5) is 17.0. The van der Waals surface area contributed by atoms with E-state index in [0.717, 1.165) is 22.4 Å². The number of amides is 1. The SMILES string of the molecule is COc1ccc(-c2ocnc2C(=O)Nc2c(C)cc(C)cc2C)cc1OC. The van der Waals surface area contributed by atoms with Crippen LogP contribution in [0, 0.1) is 20.8 Å². The summed E-state index contributed by atoms with van der Waals surface area (Å²) in [6.07, 6.45) is 1.26. The van der Waals surface area contributed by atoms with Crippen LogP contribution in [-0.2, 0) is 0 Å². The fourth-order valence-corrected chi connectivity index (χ4v) is 3.14. The molecule has 6 heteroatoms. The molecule has 1 aromatic heterocycles. The van der Waals surface area contributed by atoms with Gasteiger partial charge in [-0.25, -0.2) is 4.98 Å². The van der Waals surface area contributed by atoms with Gasteiger partial charge in [-0.1, -0.05) is 17.7 Å². The van der Waals surface area contributed by atoms with Gasteiger partial charge in [-0.05, 0) is 50.1 Å². The Morgan fingerprint density at radius 1 is 1.00 bits per heavy atom. The van der Waals surface area contributed by atoms with E-state index in [-0.39, 0.29) is 11.6 Å². The zero-order valence-corrected chi connectivity index (χ0v) is 16.0. The van der Waals surface area contributed by atoms with Crippen LogP contribution in [0.4, 0.5) is 5.69 Å². The van der Waals surface area contributed by atoms with Gasteiger partial charge in [0.05, 0.1) is 14.2 Å². The van der Waals surface area contributed by atoms with Crippen molar-refractivity contribution in [2.75, 3.05) is 19.5 Å². The van der Waals surface area contributed by atoms with E-state index in [1.54, 1.807) is 32.4 Å². The number of hydrogen-bond acceptors (Lipinski definition) is 5. The standard InChI is InChI=1S/C21H22N2O4/c1-12-8-13(2)18(14(3)9-12)23-21(24)19-20(27-11-22-19)15-6-7-16(25-4)17(10-15)26-5/h6-11H,1-5H3,(H,23,24). The van der Waals surface area contributed by atoms with E-state index in [1.807, 2.05) is 32.9 Å². The van der Waals surface area contributed by atoms with Crippen molar-refractivity contribution >= 4 is 11.6 Å². The van der Waals surface area contributed by atoms with Crippen LogP contribution in [-0.4, -0.2) is 25.1 Å². The average molecular weight is 366 g/mol. The minimum Gasteiger partial charge on any atom is -0.493 e. The Morgan fingerprint density at radius 3 is 2.30 bits per heavy atom. The van der Waals surface area contributed by atoms with E-state index in [0.29, 0.717) is 22.8 Å². The number of ether oxygens (including phenoxy) is 2. The number of rotatable bonds is 5. The molecule has 0 aliphatic heterocycles. The van der Waals surface area contributed by atoms with Gasteiger partial charge in [0.1, 0.15) is 0 Å². The fourth-order valence-electron chi connectivity index (χ4n) is 3.14. The third-order valence-corrected chi connectivity index (χ3v) is 4.34. The van der Waals surface area contributed by atoms with Gasteiger partial charge < -0.3 is 19.2 Å². The minimum atomic E-state index is -0.330. The molecule has 0 fully saturated rings. The van der Waals surface area contributed by atoms with Crippen LogP contribution in [0.25, 0.3) is 11.3 Å². The lowest BCUT2D eigenvalue weighted by atomic mass is 10.0.